The second-order valence-corrected chi connectivity index (χ2v) is 9.63. The van der Waals surface area contributed by atoms with Gasteiger partial charge >= 0.3 is 6.03 Å². The quantitative estimate of drug-likeness (QED) is 0.258. The van der Waals surface area contributed by atoms with Crippen molar-refractivity contribution in [2.75, 3.05) is 23.7 Å². The molecular formula is C30H35N5O2. The largest absolute Gasteiger partial charge is 0.457 e. The highest BCUT2D eigenvalue weighted by molar-refractivity contribution is 6.00. The maximum absolute atomic E-state index is 12.6. The third-order valence-corrected chi connectivity index (χ3v) is 6.96. The van der Waals surface area contributed by atoms with Gasteiger partial charge in [-0.3, -0.25) is 4.68 Å². The number of hydrogen-bond acceptors (Lipinski definition) is 4. The van der Waals surface area contributed by atoms with Crippen LogP contribution in [0.2, 0.25) is 0 Å². The smallest absolute Gasteiger partial charge is 0.323 e. The Labute approximate surface area is 218 Å². The van der Waals surface area contributed by atoms with E-state index >= 15 is 0 Å². The topological polar surface area (TPSA) is 71.4 Å². The van der Waals surface area contributed by atoms with E-state index in [0.29, 0.717) is 17.1 Å². The number of amides is 2. The molecule has 3 aromatic carbocycles. The molecule has 2 heterocycles. The van der Waals surface area contributed by atoms with Crippen LogP contribution in [0.1, 0.15) is 39.0 Å². The first kappa shape index (κ1) is 24.8. The van der Waals surface area contributed by atoms with Crippen molar-refractivity contribution in [3.05, 3.63) is 79.0 Å². The molecule has 4 aromatic rings. The number of ether oxygens (including phenoxy) is 1. The van der Waals surface area contributed by atoms with Gasteiger partial charge in [-0.15, -0.1) is 0 Å². The Kier molecular flexibility index (Phi) is 8.01. The molecule has 1 fully saturated rings. The van der Waals surface area contributed by atoms with Gasteiger partial charge in [-0.25, -0.2) is 4.79 Å². The summed E-state index contributed by atoms with van der Waals surface area (Å²) in [6, 6.07) is 23.1. The molecule has 1 atom stereocenters. The number of nitrogens with one attached hydrogen (secondary N) is 2. The summed E-state index contributed by atoms with van der Waals surface area (Å²) in [5.74, 6) is 1.48. The van der Waals surface area contributed by atoms with Crippen molar-refractivity contribution < 1.29 is 9.53 Å². The molecular weight excluding hydrogens is 462 g/mol. The first-order valence-corrected chi connectivity index (χ1v) is 13.3. The maximum Gasteiger partial charge on any atom is 0.323 e. The van der Waals surface area contributed by atoms with Crippen LogP contribution >= 0.6 is 0 Å². The van der Waals surface area contributed by atoms with Crippen molar-refractivity contribution in [3.63, 3.8) is 0 Å². The first-order chi connectivity index (χ1) is 18.2. The summed E-state index contributed by atoms with van der Waals surface area (Å²) in [6.07, 6.45) is 8.44. The number of anilines is 2. The Balaban J connectivity index is 1.12. The molecule has 1 unspecified atom stereocenters. The fourth-order valence-corrected chi connectivity index (χ4v) is 5.04. The minimum Gasteiger partial charge on any atom is -0.457 e. The number of aryl methyl sites for hydroxylation is 1. The average Bonchev–Trinajstić information content (AvgIpc) is 3.32. The number of benzene rings is 3. The lowest BCUT2D eigenvalue weighted by Crippen LogP contribution is -2.39. The van der Waals surface area contributed by atoms with Crippen molar-refractivity contribution >= 4 is 28.3 Å². The van der Waals surface area contributed by atoms with E-state index in [0.717, 1.165) is 42.2 Å². The summed E-state index contributed by atoms with van der Waals surface area (Å²) in [5.41, 5.74) is 2.27. The van der Waals surface area contributed by atoms with Gasteiger partial charge in [0.15, 0.2) is 0 Å². The number of piperidine rings is 1. The molecule has 1 aliphatic rings. The van der Waals surface area contributed by atoms with Crippen LogP contribution in [0.3, 0.4) is 0 Å². The van der Waals surface area contributed by atoms with E-state index in [1.807, 2.05) is 77.5 Å². The number of para-hydroxylation sites is 1. The molecule has 1 aromatic heterocycles. The zero-order valence-electron chi connectivity index (χ0n) is 21.4. The van der Waals surface area contributed by atoms with Crippen LogP contribution in [0.25, 0.3) is 10.9 Å². The molecule has 0 spiro atoms. The third kappa shape index (κ3) is 6.68. The minimum absolute atomic E-state index is 0.303. The molecule has 0 saturated carbocycles. The molecule has 7 nitrogen and oxygen atoms in total. The molecule has 7 heteroatoms. The van der Waals surface area contributed by atoms with Crippen molar-refractivity contribution in [1.82, 2.24) is 14.7 Å². The van der Waals surface area contributed by atoms with E-state index in [9.17, 15) is 4.79 Å². The predicted octanol–water partition coefficient (Wildman–Crippen LogP) is 7.13. The third-order valence-electron chi connectivity index (χ3n) is 6.96. The monoisotopic (exact) mass is 497 g/mol. The zero-order valence-corrected chi connectivity index (χ0v) is 21.4. The molecule has 5 rings (SSSR count). The number of hydrogen-bond donors (Lipinski definition) is 2. The Bertz CT molecular complexity index is 1300. The predicted molar refractivity (Wildman–Crippen MR) is 149 cm³/mol. The number of carbonyl (C=O) groups is 1. The highest BCUT2D eigenvalue weighted by Gasteiger charge is 2.20. The first-order valence-electron chi connectivity index (χ1n) is 13.3. The number of likely N-dealkylation sites (tertiary alicyclic amines) is 1. The normalized spacial score (nSPS) is 16.0. The molecule has 0 bridgehead atoms. The van der Waals surface area contributed by atoms with E-state index in [1.54, 1.807) is 0 Å². The number of rotatable bonds is 9. The van der Waals surface area contributed by atoms with Gasteiger partial charge < -0.3 is 20.3 Å². The molecule has 0 radical (unpaired) electrons. The summed E-state index contributed by atoms with van der Waals surface area (Å²) in [6.45, 7) is 5.55. The van der Waals surface area contributed by atoms with Gasteiger partial charge in [0, 0.05) is 42.1 Å². The molecule has 192 valence electrons. The van der Waals surface area contributed by atoms with Gasteiger partial charge in [0.05, 0.1) is 5.52 Å². The fraction of sp³-hybridized carbons (Fsp3) is 0.333. The Hall–Kier alpha value is -3.84. The molecule has 1 aliphatic heterocycles. The summed E-state index contributed by atoms with van der Waals surface area (Å²) in [5, 5.41) is 11.6. The standard InChI is InChI=1S/C30H35N5O2/c1-2-26-9-6-7-18-34(26)19-8-20-35-22-23-12-13-25(21-29(23)33-35)32-30(36)31-24-14-16-28(17-15-24)37-27-10-4-3-5-11-27/h3-5,10-17,21-22,26H,2,6-9,18-20H2,1H3,(H2,31,32,36). The Morgan fingerprint density at radius 2 is 1.70 bits per heavy atom. The highest BCUT2D eigenvalue weighted by Crippen LogP contribution is 2.24. The summed E-state index contributed by atoms with van der Waals surface area (Å²) in [4.78, 5) is 15.2. The second kappa shape index (κ2) is 11.9. The van der Waals surface area contributed by atoms with Gasteiger partial charge in [-0.05, 0) is 86.8 Å². The van der Waals surface area contributed by atoms with Crippen LogP contribution in [0, 0.1) is 0 Å². The van der Waals surface area contributed by atoms with Crippen LogP contribution in [-0.4, -0.2) is 39.8 Å². The van der Waals surface area contributed by atoms with Crippen molar-refractivity contribution in [3.8, 4) is 11.5 Å². The Morgan fingerprint density at radius 1 is 0.946 bits per heavy atom. The number of aromatic nitrogens is 2. The van der Waals surface area contributed by atoms with Crippen molar-refractivity contribution in [2.24, 2.45) is 0 Å². The van der Waals surface area contributed by atoms with Gasteiger partial charge in [0.25, 0.3) is 0 Å². The van der Waals surface area contributed by atoms with E-state index in [4.69, 9.17) is 9.84 Å². The van der Waals surface area contributed by atoms with Crippen LogP contribution in [-0.2, 0) is 6.54 Å². The lowest BCUT2D eigenvalue weighted by molar-refractivity contribution is 0.140. The number of nitrogens with zero attached hydrogens (tertiary/aromatic N) is 3. The zero-order chi connectivity index (χ0) is 25.5. The minimum atomic E-state index is -0.303. The van der Waals surface area contributed by atoms with Crippen molar-refractivity contribution in [2.45, 2.75) is 51.6 Å². The number of urea groups is 1. The second-order valence-electron chi connectivity index (χ2n) is 9.63. The van der Waals surface area contributed by atoms with Gasteiger partial charge in [-0.1, -0.05) is 31.5 Å². The summed E-state index contributed by atoms with van der Waals surface area (Å²) in [7, 11) is 0. The van der Waals surface area contributed by atoms with Crippen molar-refractivity contribution in [1.29, 1.82) is 0 Å². The molecule has 2 N–H and O–H groups in total. The molecule has 2 amide bonds. The van der Waals surface area contributed by atoms with Gasteiger partial charge in [-0.2, -0.15) is 5.10 Å². The van der Waals surface area contributed by atoms with Gasteiger partial charge in [0.2, 0.25) is 0 Å². The summed E-state index contributed by atoms with van der Waals surface area (Å²) >= 11 is 0. The maximum atomic E-state index is 12.6. The van der Waals surface area contributed by atoms with E-state index in [-0.39, 0.29) is 6.03 Å². The van der Waals surface area contributed by atoms with Crippen LogP contribution < -0.4 is 15.4 Å². The molecule has 0 aliphatic carbocycles. The summed E-state index contributed by atoms with van der Waals surface area (Å²) < 4.78 is 7.83. The fourth-order valence-electron chi connectivity index (χ4n) is 5.04. The SMILES string of the molecule is CCC1CCCCN1CCCn1cc2ccc(NC(=O)Nc3ccc(Oc4ccccc4)cc3)cc2n1. The molecule has 37 heavy (non-hydrogen) atoms. The number of carbonyl (C=O) groups excluding carboxylic acids is 1. The molecule has 1 saturated heterocycles. The van der Waals surface area contributed by atoms with Gasteiger partial charge in [0.1, 0.15) is 11.5 Å². The van der Waals surface area contributed by atoms with Crippen LogP contribution in [0.15, 0.2) is 79.0 Å². The highest BCUT2D eigenvalue weighted by atomic mass is 16.5. The Morgan fingerprint density at radius 3 is 2.51 bits per heavy atom. The van der Waals surface area contributed by atoms with E-state index in [1.165, 1.54) is 32.2 Å². The lowest BCUT2D eigenvalue weighted by atomic mass is 10.00. The number of fused-ring (bicyclic) bond motifs is 1. The van der Waals surface area contributed by atoms with E-state index < -0.39 is 0 Å². The van der Waals surface area contributed by atoms with Crippen LogP contribution in [0.4, 0.5) is 16.2 Å². The van der Waals surface area contributed by atoms with Crippen LogP contribution in [0.5, 0.6) is 11.5 Å². The lowest BCUT2D eigenvalue weighted by Gasteiger charge is -2.35. The average molecular weight is 498 g/mol. The van der Waals surface area contributed by atoms with E-state index in [2.05, 4.69) is 28.7 Å².